The van der Waals surface area contributed by atoms with Crippen LogP contribution in [0.15, 0.2) is 51.8 Å². The summed E-state index contributed by atoms with van der Waals surface area (Å²) in [6, 6.07) is 12.4. The molecule has 0 bridgehead atoms. The highest BCUT2D eigenvalue weighted by Crippen LogP contribution is 2.32. The lowest BCUT2D eigenvalue weighted by Crippen LogP contribution is -2.35. The summed E-state index contributed by atoms with van der Waals surface area (Å²) in [6.45, 7) is 1.63. The van der Waals surface area contributed by atoms with Crippen molar-refractivity contribution in [3.8, 4) is 5.75 Å². The average Bonchev–Trinajstić information content (AvgIpc) is 3.17. The minimum Gasteiger partial charge on any atom is -0.484 e. The Morgan fingerprint density at radius 2 is 1.72 bits per heavy atom. The molecule has 2 heterocycles. The minimum absolute atomic E-state index is 0.0606. The summed E-state index contributed by atoms with van der Waals surface area (Å²) < 4.78 is 33.9. The van der Waals surface area contributed by atoms with Crippen LogP contribution in [0.25, 0.3) is 0 Å². The lowest BCUT2D eigenvalue weighted by molar-refractivity contribution is -0.120. The summed E-state index contributed by atoms with van der Waals surface area (Å²) in [5, 5.41) is 0. The number of halogens is 1. The number of fused-ring (bicyclic) bond motifs is 1. The standard InChI is InChI=1S/C21H23BrN2O4S/c22-17-4-6-18(7-5-17)28-15-21(25)24-13-10-16-14-19(8-9-20(16)24)29(26,27)23-11-2-1-3-12-23/h4-9,14H,1-3,10-13,15H2. The van der Waals surface area contributed by atoms with Crippen LogP contribution in [0, 0.1) is 0 Å². The molecule has 2 aromatic carbocycles. The number of hydrogen-bond acceptors (Lipinski definition) is 4. The van der Waals surface area contributed by atoms with E-state index in [9.17, 15) is 13.2 Å². The van der Waals surface area contributed by atoms with E-state index in [0.29, 0.717) is 36.7 Å². The Kier molecular flexibility index (Phi) is 5.94. The first-order valence-electron chi connectivity index (χ1n) is 9.77. The number of rotatable bonds is 5. The summed E-state index contributed by atoms with van der Waals surface area (Å²) in [5.74, 6) is 0.488. The molecule has 0 aromatic heterocycles. The zero-order valence-electron chi connectivity index (χ0n) is 16.0. The van der Waals surface area contributed by atoms with E-state index in [1.807, 2.05) is 12.1 Å². The molecule has 0 N–H and O–H groups in total. The predicted octanol–water partition coefficient (Wildman–Crippen LogP) is 3.59. The second kappa shape index (κ2) is 8.45. The number of sulfonamides is 1. The summed E-state index contributed by atoms with van der Waals surface area (Å²) in [5.41, 5.74) is 1.66. The van der Waals surface area contributed by atoms with Gasteiger partial charge in [0, 0.05) is 29.8 Å². The summed E-state index contributed by atoms with van der Waals surface area (Å²) >= 11 is 3.37. The van der Waals surface area contributed by atoms with Gasteiger partial charge in [0.2, 0.25) is 10.0 Å². The molecule has 154 valence electrons. The van der Waals surface area contributed by atoms with Crippen molar-refractivity contribution in [2.24, 2.45) is 0 Å². The van der Waals surface area contributed by atoms with Gasteiger partial charge in [-0.3, -0.25) is 4.79 Å². The van der Waals surface area contributed by atoms with Crippen LogP contribution in [-0.4, -0.2) is 44.9 Å². The zero-order valence-corrected chi connectivity index (χ0v) is 18.4. The normalized spacial score (nSPS) is 17.2. The van der Waals surface area contributed by atoms with E-state index in [1.165, 1.54) is 0 Å². The molecule has 0 spiro atoms. The Morgan fingerprint density at radius 3 is 2.45 bits per heavy atom. The van der Waals surface area contributed by atoms with Crippen molar-refractivity contribution in [1.29, 1.82) is 0 Å². The maximum Gasteiger partial charge on any atom is 0.264 e. The fourth-order valence-corrected chi connectivity index (χ4v) is 5.64. The molecule has 0 saturated carbocycles. The van der Waals surface area contributed by atoms with E-state index in [0.717, 1.165) is 35.0 Å². The topological polar surface area (TPSA) is 66.9 Å². The number of piperidine rings is 1. The molecule has 2 aromatic rings. The molecule has 1 fully saturated rings. The SMILES string of the molecule is O=C(COc1ccc(Br)cc1)N1CCc2cc(S(=O)(=O)N3CCCCC3)ccc21. The van der Waals surface area contributed by atoms with Crippen LogP contribution < -0.4 is 9.64 Å². The van der Waals surface area contributed by atoms with Crippen molar-refractivity contribution in [3.05, 3.63) is 52.5 Å². The van der Waals surface area contributed by atoms with Gasteiger partial charge in [-0.25, -0.2) is 8.42 Å². The van der Waals surface area contributed by atoms with E-state index < -0.39 is 10.0 Å². The smallest absolute Gasteiger partial charge is 0.264 e. The molecule has 29 heavy (non-hydrogen) atoms. The number of carbonyl (C=O) groups excluding carboxylic acids is 1. The van der Waals surface area contributed by atoms with Crippen LogP contribution >= 0.6 is 15.9 Å². The Hall–Kier alpha value is -1.90. The number of ether oxygens (including phenoxy) is 1. The van der Waals surface area contributed by atoms with Crippen LogP contribution in [0.3, 0.4) is 0 Å². The Labute approximate surface area is 179 Å². The summed E-state index contributed by atoms with van der Waals surface area (Å²) in [4.78, 5) is 14.6. The second-order valence-corrected chi connectivity index (χ2v) is 10.1. The molecular weight excluding hydrogens is 456 g/mol. The molecule has 2 aliphatic rings. The summed E-state index contributed by atoms with van der Waals surface area (Å²) in [7, 11) is -3.47. The van der Waals surface area contributed by atoms with Gasteiger partial charge in [0.1, 0.15) is 5.75 Å². The highest BCUT2D eigenvalue weighted by Gasteiger charge is 2.30. The molecule has 4 rings (SSSR count). The molecule has 0 atom stereocenters. The van der Waals surface area contributed by atoms with Crippen LogP contribution in [0.4, 0.5) is 5.69 Å². The Bertz CT molecular complexity index is 1000. The number of hydrogen-bond donors (Lipinski definition) is 0. The second-order valence-electron chi connectivity index (χ2n) is 7.29. The van der Waals surface area contributed by atoms with Crippen molar-refractivity contribution in [2.75, 3.05) is 31.1 Å². The van der Waals surface area contributed by atoms with Crippen molar-refractivity contribution in [3.63, 3.8) is 0 Å². The molecule has 0 aliphatic carbocycles. The van der Waals surface area contributed by atoms with E-state index in [4.69, 9.17) is 4.74 Å². The van der Waals surface area contributed by atoms with Gasteiger partial charge in [0.25, 0.3) is 5.91 Å². The molecule has 0 unspecified atom stereocenters. The van der Waals surface area contributed by atoms with Crippen molar-refractivity contribution in [2.45, 2.75) is 30.6 Å². The lowest BCUT2D eigenvalue weighted by Gasteiger charge is -2.26. The van der Waals surface area contributed by atoms with Crippen molar-refractivity contribution in [1.82, 2.24) is 4.31 Å². The van der Waals surface area contributed by atoms with Gasteiger partial charge >= 0.3 is 0 Å². The molecular formula is C21H23BrN2O4S. The van der Waals surface area contributed by atoms with Gasteiger partial charge < -0.3 is 9.64 Å². The van der Waals surface area contributed by atoms with Crippen LogP contribution in [0.2, 0.25) is 0 Å². The maximum absolute atomic E-state index is 12.9. The first-order valence-corrected chi connectivity index (χ1v) is 12.0. The number of carbonyl (C=O) groups is 1. The van der Waals surface area contributed by atoms with E-state index in [1.54, 1.807) is 39.5 Å². The Balaban J connectivity index is 1.46. The predicted molar refractivity (Wildman–Crippen MR) is 115 cm³/mol. The maximum atomic E-state index is 12.9. The van der Waals surface area contributed by atoms with Gasteiger partial charge in [0.05, 0.1) is 4.90 Å². The quantitative estimate of drug-likeness (QED) is 0.658. The largest absolute Gasteiger partial charge is 0.484 e. The van der Waals surface area contributed by atoms with Gasteiger partial charge in [-0.1, -0.05) is 22.4 Å². The monoisotopic (exact) mass is 478 g/mol. The summed E-state index contributed by atoms with van der Waals surface area (Å²) in [6.07, 6.45) is 3.54. The van der Waals surface area contributed by atoms with E-state index in [2.05, 4.69) is 15.9 Å². The highest BCUT2D eigenvalue weighted by molar-refractivity contribution is 9.10. The average molecular weight is 479 g/mol. The number of anilines is 1. The van der Waals surface area contributed by atoms with Crippen molar-refractivity contribution >= 4 is 37.5 Å². The zero-order chi connectivity index (χ0) is 20.4. The van der Waals surface area contributed by atoms with Gasteiger partial charge in [0.15, 0.2) is 6.61 Å². The molecule has 6 nitrogen and oxygen atoms in total. The number of nitrogens with zero attached hydrogens (tertiary/aromatic N) is 2. The first-order chi connectivity index (χ1) is 13.9. The van der Waals surface area contributed by atoms with Crippen LogP contribution in [0.1, 0.15) is 24.8 Å². The third kappa shape index (κ3) is 4.34. The molecule has 2 aliphatic heterocycles. The molecule has 1 amide bonds. The fourth-order valence-electron chi connectivity index (χ4n) is 3.81. The highest BCUT2D eigenvalue weighted by atomic mass is 79.9. The molecule has 0 radical (unpaired) electrons. The minimum atomic E-state index is -3.47. The van der Waals surface area contributed by atoms with Crippen molar-refractivity contribution < 1.29 is 17.9 Å². The third-order valence-corrected chi connectivity index (χ3v) is 7.80. The van der Waals surface area contributed by atoms with Gasteiger partial charge in [-0.05, 0) is 67.3 Å². The van der Waals surface area contributed by atoms with Crippen LogP contribution in [0.5, 0.6) is 5.75 Å². The number of amides is 1. The fraction of sp³-hybridized carbons (Fsp3) is 0.381. The lowest BCUT2D eigenvalue weighted by atomic mass is 10.2. The third-order valence-electron chi connectivity index (χ3n) is 5.38. The number of benzene rings is 2. The molecule has 1 saturated heterocycles. The van der Waals surface area contributed by atoms with Gasteiger partial charge in [-0.15, -0.1) is 0 Å². The first kappa shape index (κ1) is 20.4. The van der Waals surface area contributed by atoms with E-state index in [-0.39, 0.29) is 12.5 Å². The van der Waals surface area contributed by atoms with Crippen LogP contribution in [-0.2, 0) is 21.2 Å². The van der Waals surface area contributed by atoms with Gasteiger partial charge in [-0.2, -0.15) is 4.31 Å². The Morgan fingerprint density at radius 1 is 1.00 bits per heavy atom. The van der Waals surface area contributed by atoms with E-state index >= 15 is 0 Å². The molecule has 8 heteroatoms.